The van der Waals surface area contributed by atoms with E-state index in [1.54, 1.807) is 11.3 Å². The van der Waals surface area contributed by atoms with Crippen LogP contribution in [0.1, 0.15) is 18.9 Å². The zero-order valence-electron chi connectivity index (χ0n) is 7.86. The predicted molar refractivity (Wildman–Crippen MR) is 56.4 cm³/mol. The summed E-state index contributed by atoms with van der Waals surface area (Å²) in [6.07, 6.45) is 2.41. The summed E-state index contributed by atoms with van der Waals surface area (Å²) in [4.78, 5) is 0. The molecule has 1 fully saturated rings. The average Bonchev–Trinajstić information content (AvgIpc) is 2.68. The van der Waals surface area contributed by atoms with Crippen molar-refractivity contribution in [2.45, 2.75) is 25.8 Å². The molecule has 0 radical (unpaired) electrons. The Balaban J connectivity index is 1.91. The van der Waals surface area contributed by atoms with Crippen LogP contribution >= 0.6 is 11.3 Å². The van der Waals surface area contributed by atoms with Crippen LogP contribution in [0.15, 0.2) is 16.8 Å². The summed E-state index contributed by atoms with van der Waals surface area (Å²) in [6.45, 7) is 2.29. The van der Waals surface area contributed by atoms with E-state index in [-0.39, 0.29) is 0 Å². The number of hydrogen-bond acceptors (Lipinski definition) is 3. The molecule has 3 heteroatoms. The molecule has 1 heterocycles. The summed E-state index contributed by atoms with van der Waals surface area (Å²) in [7, 11) is 0. The summed E-state index contributed by atoms with van der Waals surface area (Å²) in [5.41, 5.74) is 4.35. The number of hydrazine groups is 1. The molecule has 0 aromatic carbocycles. The molecule has 0 saturated heterocycles. The maximum atomic E-state index is 5.55. The zero-order chi connectivity index (χ0) is 9.26. The summed E-state index contributed by atoms with van der Waals surface area (Å²) >= 11 is 1.76. The lowest BCUT2D eigenvalue weighted by molar-refractivity contribution is 0.454. The van der Waals surface area contributed by atoms with E-state index in [1.165, 1.54) is 12.0 Å². The lowest BCUT2D eigenvalue weighted by atomic mass is 10.0. The minimum absolute atomic E-state index is 0.476. The van der Waals surface area contributed by atoms with Gasteiger partial charge in [0.05, 0.1) is 0 Å². The normalized spacial score (nSPS) is 28.8. The highest BCUT2D eigenvalue weighted by molar-refractivity contribution is 7.07. The molecule has 0 bridgehead atoms. The molecule has 13 heavy (non-hydrogen) atoms. The molecular formula is C10H16N2S. The van der Waals surface area contributed by atoms with Crippen LogP contribution in [0.25, 0.3) is 0 Å². The fraction of sp³-hybridized carbons (Fsp3) is 0.600. The third kappa shape index (κ3) is 2.10. The maximum Gasteiger partial charge on any atom is 0.0282 e. The Morgan fingerprint density at radius 1 is 1.77 bits per heavy atom. The quantitative estimate of drug-likeness (QED) is 0.569. The van der Waals surface area contributed by atoms with Gasteiger partial charge in [-0.3, -0.25) is 11.3 Å². The van der Waals surface area contributed by atoms with E-state index < -0.39 is 0 Å². The van der Waals surface area contributed by atoms with Crippen molar-refractivity contribution in [3.05, 3.63) is 22.4 Å². The van der Waals surface area contributed by atoms with Crippen molar-refractivity contribution in [3.8, 4) is 0 Å². The maximum absolute atomic E-state index is 5.55. The molecule has 0 amide bonds. The first-order chi connectivity index (χ1) is 6.31. The van der Waals surface area contributed by atoms with E-state index in [4.69, 9.17) is 5.84 Å². The van der Waals surface area contributed by atoms with Crippen LogP contribution in [0.2, 0.25) is 0 Å². The molecule has 3 N–H and O–H groups in total. The fourth-order valence-corrected chi connectivity index (χ4v) is 2.59. The highest BCUT2D eigenvalue weighted by Gasteiger charge is 2.38. The largest absolute Gasteiger partial charge is 0.271 e. The lowest BCUT2D eigenvalue weighted by Crippen LogP contribution is -2.38. The van der Waals surface area contributed by atoms with Gasteiger partial charge in [0.25, 0.3) is 0 Å². The van der Waals surface area contributed by atoms with Crippen LogP contribution in [0.3, 0.4) is 0 Å². The first-order valence-corrected chi connectivity index (χ1v) is 5.72. The first kappa shape index (κ1) is 9.19. The Morgan fingerprint density at radius 3 is 3.00 bits per heavy atom. The molecule has 1 aromatic rings. The minimum Gasteiger partial charge on any atom is -0.271 e. The van der Waals surface area contributed by atoms with Gasteiger partial charge >= 0.3 is 0 Å². The number of nitrogens with two attached hydrogens (primary N) is 1. The van der Waals surface area contributed by atoms with E-state index >= 15 is 0 Å². The smallest absolute Gasteiger partial charge is 0.0282 e. The zero-order valence-corrected chi connectivity index (χ0v) is 8.68. The summed E-state index contributed by atoms with van der Waals surface area (Å²) in [5.74, 6) is 7.20. The standard InChI is InChI=1S/C10H16N2S/c1-7-4-9(7)10(12-11)5-8-2-3-13-6-8/h2-3,6-7,9-10,12H,4-5,11H2,1H3. The van der Waals surface area contributed by atoms with Gasteiger partial charge in [-0.15, -0.1) is 0 Å². The average molecular weight is 196 g/mol. The minimum atomic E-state index is 0.476. The second-order valence-electron chi connectivity index (χ2n) is 3.99. The highest BCUT2D eigenvalue weighted by atomic mass is 32.1. The van der Waals surface area contributed by atoms with Crippen molar-refractivity contribution in [1.82, 2.24) is 5.43 Å². The van der Waals surface area contributed by atoms with Crippen LogP contribution in [0.4, 0.5) is 0 Å². The molecule has 2 rings (SSSR count). The van der Waals surface area contributed by atoms with Gasteiger partial charge in [0.1, 0.15) is 0 Å². The molecule has 2 nitrogen and oxygen atoms in total. The Labute approximate surface area is 83.1 Å². The Hall–Kier alpha value is -0.380. The summed E-state index contributed by atoms with van der Waals surface area (Å²) < 4.78 is 0. The van der Waals surface area contributed by atoms with Crippen molar-refractivity contribution in [3.63, 3.8) is 0 Å². The van der Waals surface area contributed by atoms with Gasteiger partial charge in [-0.05, 0) is 47.1 Å². The molecule has 1 aliphatic carbocycles. The second-order valence-corrected chi connectivity index (χ2v) is 4.77. The highest BCUT2D eigenvalue weighted by Crippen LogP contribution is 2.41. The molecule has 72 valence electrons. The molecule has 1 aliphatic rings. The molecular weight excluding hydrogens is 180 g/mol. The molecule has 1 aromatic heterocycles. The number of hydrogen-bond donors (Lipinski definition) is 2. The first-order valence-electron chi connectivity index (χ1n) is 4.78. The fourth-order valence-electron chi connectivity index (χ4n) is 1.91. The topological polar surface area (TPSA) is 38.0 Å². The Bertz CT molecular complexity index is 258. The van der Waals surface area contributed by atoms with Gasteiger partial charge in [-0.2, -0.15) is 11.3 Å². The van der Waals surface area contributed by atoms with Crippen molar-refractivity contribution in [1.29, 1.82) is 0 Å². The monoisotopic (exact) mass is 196 g/mol. The second kappa shape index (κ2) is 3.78. The number of thiophene rings is 1. The summed E-state index contributed by atoms with van der Waals surface area (Å²) in [5, 5.41) is 4.33. The number of rotatable bonds is 4. The van der Waals surface area contributed by atoms with Crippen molar-refractivity contribution >= 4 is 11.3 Å². The predicted octanol–water partition coefficient (Wildman–Crippen LogP) is 1.78. The van der Waals surface area contributed by atoms with Crippen LogP contribution in [-0.2, 0) is 6.42 Å². The van der Waals surface area contributed by atoms with Crippen molar-refractivity contribution in [2.24, 2.45) is 17.7 Å². The van der Waals surface area contributed by atoms with Gasteiger partial charge < -0.3 is 0 Å². The van der Waals surface area contributed by atoms with Gasteiger partial charge in [0.15, 0.2) is 0 Å². The Morgan fingerprint density at radius 2 is 2.54 bits per heavy atom. The third-order valence-corrected chi connectivity index (χ3v) is 3.67. The lowest BCUT2D eigenvalue weighted by Gasteiger charge is -2.14. The van der Waals surface area contributed by atoms with Gasteiger partial charge in [0, 0.05) is 6.04 Å². The SMILES string of the molecule is CC1CC1C(Cc1ccsc1)NN. The van der Waals surface area contributed by atoms with Crippen LogP contribution in [0, 0.1) is 11.8 Å². The Kier molecular flexibility index (Phi) is 2.67. The van der Waals surface area contributed by atoms with E-state index in [9.17, 15) is 0 Å². The van der Waals surface area contributed by atoms with Gasteiger partial charge in [-0.25, -0.2) is 0 Å². The molecule has 0 aliphatic heterocycles. The van der Waals surface area contributed by atoms with E-state index in [1.807, 2.05) is 0 Å². The van der Waals surface area contributed by atoms with E-state index in [0.29, 0.717) is 6.04 Å². The molecule has 1 saturated carbocycles. The van der Waals surface area contributed by atoms with E-state index in [0.717, 1.165) is 18.3 Å². The van der Waals surface area contributed by atoms with Gasteiger partial charge in [0.2, 0.25) is 0 Å². The van der Waals surface area contributed by atoms with Crippen LogP contribution in [0.5, 0.6) is 0 Å². The van der Waals surface area contributed by atoms with Gasteiger partial charge in [-0.1, -0.05) is 6.92 Å². The van der Waals surface area contributed by atoms with Crippen molar-refractivity contribution < 1.29 is 0 Å². The van der Waals surface area contributed by atoms with E-state index in [2.05, 4.69) is 29.2 Å². The van der Waals surface area contributed by atoms with Crippen LogP contribution in [-0.4, -0.2) is 6.04 Å². The van der Waals surface area contributed by atoms with Crippen molar-refractivity contribution in [2.75, 3.05) is 0 Å². The molecule has 0 spiro atoms. The summed E-state index contributed by atoms with van der Waals surface area (Å²) in [6, 6.07) is 2.66. The number of nitrogens with one attached hydrogen (secondary N) is 1. The van der Waals surface area contributed by atoms with Crippen LogP contribution < -0.4 is 11.3 Å². The third-order valence-electron chi connectivity index (χ3n) is 2.94. The molecule has 3 unspecified atom stereocenters. The molecule has 3 atom stereocenters.